The zero-order valence-electron chi connectivity index (χ0n) is 17.0. The van der Waals surface area contributed by atoms with Gasteiger partial charge in [0.2, 0.25) is 5.91 Å². The van der Waals surface area contributed by atoms with E-state index in [-0.39, 0.29) is 24.2 Å². The van der Waals surface area contributed by atoms with E-state index in [0.717, 1.165) is 24.9 Å². The first-order valence-electron chi connectivity index (χ1n) is 10.2. The number of aromatic nitrogens is 2. The molecule has 0 bridgehead atoms. The molecule has 1 amide bonds. The van der Waals surface area contributed by atoms with E-state index in [4.69, 9.17) is 4.52 Å². The van der Waals surface area contributed by atoms with Crippen molar-refractivity contribution in [2.45, 2.75) is 32.9 Å². The van der Waals surface area contributed by atoms with Gasteiger partial charge in [-0.25, -0.2) is 4.39 Å². The molecule has 1 aliphatic rings. The maximum absolute atomic E-state index is 13.7. The van der Waals surface area contributed by atoms with E-state index < -0.39 is 0 Å². The van der Waals surface area contributed by atoms with E-state index in [9.17, 15) is 9.18 Å². The van der Waals surface area contributed by atoms with Crippen molar-refractivity contribution in [3.8, 4) is 11.5 Å². The molecule has 0 radical (unpaired) electrons. The highest BCUT2D eigenvalue weighted by Gasteiger charge is 2.26. The van der Waals surface area contributed by atoms with Gasteiger partial charge in [-0.1, -0.05) is 41.1 Å². The van der Waals surface area contributed by atoms with E-state index in [1.165, 1.54) is 11.6 Å². The number of nitrogens with one attached hydrogen (secondary N) is 1. The SMILES string of the molecule is Cc1ccc(-c2nc(CN3CCC[C@@H](C(=O)NCc4ccccc4F)C3)no2)cc1. The lowest BCUT2D eigenvalue weighted by Gasteiger charge is -2.31. The zero-order chi connectivity index (χ0) is 20.9. The molecular formula is C23H25FN4O2. The van der Waals surface area contributed by atoms with Crippen molar-refractivity contribution in [1.82, 2.24) is 20.4 Å². The van der Waals surface area contributed by atoms with Gasteiger partial charge in [0, 0.05) is 24.2 Å². The van der Waals surface area contributed by atoms with Crippen molar-refractivity contribution in [3.63, 3.8) is 0 Å². The lowest BCUT2D eigenvalue weighted by Crippen LogP contribution is -2.42. The molecule has 1 N–H and O–H groups in total. The fourth-order valence-electron chi connectivity index (χ4n) is 3.71. The molecule has 156 valence electrons. The summed E-state index contributed by atoms with van der Waals surface area (Å²) < 4.78 is 19.2. The van der Waals surface area contributed by atoms with Gasteiger partial charge in [0.1, 0.15) is 5.82 Å². The maximum Gasteiger partial charge on any atom is 0.257 e. The number of hydrogen-bond donors (Lipinski definition) is 1. The van der Waals surface area contributed by atoms with Gasteiger partial charge in [-0.05, 0) is 44.5 Å². The number of rotatable bonds is 6. The van der Waals surface area contributed by atoms with Gasteiger partial charge in [0.05, 0.1) is 12.5 Å². The minimum Gasteiger partial charge on any atom is -0.352 e. The minimum absolute atomic E-state index is 0.0450. The van der Waals surface area contributed by atoms with E-state index >= 15 is 0 Å². The molecule has 2 heterocycles. The molecule has 6 nitrogen and oxygen atoms in total. The highest BCUT2D eigenvalue weighted by Crippen LogP contribution is 2.21. The highest BCUT2D eigenvalue weighted by atomic mass is 19.1. The summed E-state index contributed by atoms with van der Waals surface area (Å²) in [5.41, 5.74) is 2.56. The fraction of sp³-hybridized carbons (Fsp3) is 0.348. The molecule has 2 aromatic carbocycles. The van der Waals surface area contributed by atoms with Crippen LogP contribution in [0.25, 0.3) is 11.5 Å². The zero-order valence-corrected chi connectivity index (χ0v) is 17.0. The van der Waals surface area contributed by atoms with E-state index in [1.807, 2.05) is 31.2 Å². The van der Waals surface area contributed by atoms with Crippen LogP contribution in [-0.2, 0) is 17.9 Å². The predicted molar refractivity (Wildman–Crippen MR) is 111 cm³/mol. The topological polar surface area (TPSA) is 71.3 Å². The summed E-state index contributed by atoms with van der Waals surface area (Å²) in [5.74, 6) is 0.633. The monoisotopic (exact) mass is 408 g/mol. The third-order valence-corrected chi connectivity index (χ3v) is 5.42. The third-order valence-electron chi connectivity index (χ3n) is 5.42. The molecule has 1 aromatic heterocycles. The molecule has 0 aliphatic carbocycles. The van der Waals surface area contributed by atoms with Crippen LogP contribution in [0, 0.1) is 18.7 Å². The predicted octanol–water partition coefficient (Wildman–Crippen LogP) is 3.71. The summed E-state index contributed by atoms with van der Waals surface area (Å²) in [6.07, 6.45) is 1.74. The Balaban J connectivity index is 1.32. The van der Waals surface area contributed by atoms with Crippen molar-refractivity contribution >= 4 is 5.91 Å². The number of carbonyl (C=O) groups is 1. The van der Waals surface area contributed by atoms with Gasteiger partial charge in [0.25, 0.3) is 5.89 Å². The van der Waals surface area contributed by atoms with Crippen molar-refractivity contribution in [2.24, 2.45) is 5.92 Å². The lowest BCUT2D eigenvalue weighted by molar-refractivity contribution is -0.127. The number of halogens is 1. The molecular weight excluding hydrogens is 383 g/mol. The first kappa shape index (κ1) is 20.2. The van der Waals surface area contributed by atoms with Crippen LogP contribution in [0.5, 0.6) is 0 Å². The molecule has 4 rings (SSSR count). The second-order valence-corrected chi connectivity index (χ2v) is 7.77. The quantitative estimate of drug-likeness (QED) is 0.673. The van der Waals surface area contributed by atoms with Crippen LogP contribution in [-0.4, -0.2) is 34.0 Å². The van der Waals surface area contributed by atoms with Crippen LogP contribution in [0.2, 0.25) is 0 Å². The Morgan fingerprint density at radius 2 is 2.03 bits per heavy atom. The average Bonchev–Trinajstić information content (AvgIpc) is 3.22. The second-order valence-electron chi connectivity index (χ2n) is 7.77. The number of piperidine rings is 1. The Morgan fingerprint density at radius 3 is 2.83 bits per heavy atom. The van der Waals surface area contributed by atoms with Crippen LogP contribution in [0.3, 0.4) is 0 Å². The van der Waals surface area contributed by atoms with Crippen molar-refractivity contribution < 1.29 is 13.7 Å². The van der Waals surface area contributed by atoms with Gasteiger partial charge in [-0.15, -0.1) is 0 Å². The van der Waals surface area contributed by atoms with Gasteiger partial charge < -0.3 is 9.84 Å². The van der Waals surface area contributed by atoms with Crippen LogP contribution in [0.4, 0.5) is 4.39 Å². The molecule has 0 saturated carbocycles. The maximum atomic E-state index is 13.7. The third kappa shape index (κ3) is 4.91. The first-order chi connectivity index (χ1) is 14.6. The van der Waals surface area contributed by atoms with Crippen LogP contribution < -0.4 is 5.32 Å². The number of amides is 1. The number of carbonyl (C=O) groups excluding carboxylic acids is 1. The number of aryl methyl sites for hydroxylation is 1. The molecule has 1 saturated heterocycles. The average molecular weight is 408 g/mol. The van der Waals surface area contributed by atoms with Gasteiger partial charge in [-0.3, -0.25) is 9.69 Å². The summed E-state index contributed by atoms with van der Waals surface area (Å²) in [6.45, 7) is 4.27. The Hall–Kier alpha value is -3.06. The van der Waals surface area contributed by atoms with Gasteiger partial charge in [-0.2, -0.15) is 4.98 Å². The second kappa shape index (κ2) is 9.17. The Labute approximate surface area is 175 Å². The van der Waals surface area contributed by atoms with E-state index in [2.05, 4.69) is 20.4 Å². The van der Waals surface area contributed by atoms with Crippen LogP contribution in [0.1, 0.15) is 29.8 Å². The molecule has 1 fully saturated rings. The number of nitrogens with zero attached hydrogens (tertiary/aromatic N) is 3. The van der Waals surface area contributed by atoms with Gasteiger partial charge in [0.15, 0.2) is 5.82 Å². The van der Waals surface area contributed by atoms with Crippen LogP contribution >= 0.6 is 0 Å². The van der Waals surface area contributed by atoms with Crippen molar-refractivity contribution in [3.05, 3.63) is 71.3 Å². The number of likely N-dealkylation sites (tertiary alicyclic amines) is 1. The minimum atomic E-state index is -0.301. The van der Waals surface area contributed by atoms with Crippen LogP contribution in [0.15, 0.2) is 53.1 Å². The molecule has 3 aromatic rings. The molecule has 7 heteroatoms. The van der Waals surface area contributed by atoms with E-state index in [0.29, 0.717) is 30.4 Å². The van der Waals surface area contributed by atoms with Crippen molar-refractivity contribution in [2.75, 3.05) is 13.1 Å². The normalized spacial score (nSPS) is 17.1. The summed E-state index contributed by atoms with van der Waals surface area (Å²) in [5, 5.41) is 6.96. The summed E-state index contributed by atoms with van der Waals surface area (Å²) >= 11 is 0. The number of hydrogen-bond acceptors (Lipinski definition) is 5. The van der Waals surface area contributed by atoms with Gasteiger partial charge >= 0.3 is 0 Å². The Morgan fingerprint density at radius 1 is 1.23 bits per heavy atom. The largest absolute Gasteiger partial charge is 0.352 e. The Kier molecular flexibility index (Phi) is 6.18. The molecule has 30 heavy (non-hydrogen) atoms. The standard InChI is InChI=1S/C23H25FN4O2/c1-16-8-10-17(11-9-16)23-26-21(27-30-23)15-28-12-4-6-19(14-28)22(29)25-13-18-5-2-3-7-20(18)24/h2-3,5,7-11,19H,4,6,12-15H2,1H3,(H,25,29)/t19-/m1/s1. The Bertz CT molecular complexity index is 1000. The molecule has 1 atom stereocenters. The summed E-state index contributed by atoms with van der Waals surface area (Å²) in [7, 11) is 0. The molecule has 0 spiro atoms. The lowest BCUT2D eigenvalue weighted by atomic mass is 9.97. The fourth-order valence-corrected chi connectivity index (χ4v) is 3.71. The molecule has 1 aliphatic heterocycles. The molecule has 0 unspecified atom stereocenters. The van der Waals surface area contributed by atoms with E-state index in [1.54, 1.807) is 18.2 Å². The highest BCUT2D eigenvalue weighted by molar-refractivity contribution is 5.79. The van der Waals surface area contributed by atoms with Crippen molar-refractivity contribution in [1.29, 1.82) is 0 Å². The smallest absolute Gasteiger partial charge is 0.257 e. The summed E-state index contributed by atoms with van der Waals surface area (Å²) in [6, 6.07) is 14.4. The summed E-state index contributed by atoms with van der Waals surface area (Å²) in [4.78, 5) is 19.3. The first-order valence-corrected chi connectivity index (χ1v) is 10.2. The number of benzene rings is 2.